The lowest BCUT2D eigenvalue weighted by Crippen LogP contribution is -2.26. The normalized spacial score (nSPS) is 15.5. The molecule has 0 radical (unpaired) electrons. The van der Waals surface area contributed by atoms with E-state index in [1.54, 1.807) is 0 Å². The zero-order valence-electron chi connectivity index (χ0n) is 13.4. The Balaban J connectivity index is 2.47. The molecular formula is C16H30N2S. The summed E-state index contributed by atoms with van der Waals surface area (Å²) in [6.45, 7) is 15.8. The van der Waals surface area contributed by atoms with Crippen molar-refractivity contribution in [2.24, 2.45) is 11.8 Å². The maximum atomic E-state index is 4.80. The van der Waals surface area contributed by atoms with Crippen molar-refractivity contribution in [1.29, 1.82) is 0 Å². The maximum Gasteiger partial charge on any atom is 0.0931 e. The van der Waals surface area contributed by atoms with Crippen LogP contribution in [0.5, 0.6) is 0 Å². The van der Waals surface area contributed by atoms with Gasteiger partial charge in [0.2, 0.25) is 0 Å². The third kappa shape index (κ3) is 5.62. The summed E-state index contributed by atoms with van der Waals surface area (Å²) in [6.07, 6.45) is 2.32. The molecule has 0 bridgehead atoms. The molecule has 0 amide bonds. The van der Waals surface area contributed by atoms with Gasteiger partial charge < -0.3 is 5.32 Å². The zero-order chi connectivity index (χ0) is 14.5. The van der Waals surface area contributed by atoms with Crippen LogP contribution in [0.1, 0.15) is 58.7 Å². The Morgan fingerprint density at radius 1 is 1.26 bits per heavy atom. The first-order valence-corrected chi connectivity index (χ1v) is 8.38. The molecule has 0 saturated carbocycles. The molecule has 1 rings (SSSR count). The molecule has 0 aliphatic rings. The van der Waals surface area contributed by atoms with Gasteiger partial charge in [-0.15, -0.1) is 11.3 Å². The van der Waals surface area contributed by atoms with Crippen molar-refractivity contribution >= 4 is 11.3 Å². The van der Waals surface area contributed by atoms with Gasteiger partial charge in [0, 0.05) is 17.2 Å². The fourth-order valence-electron chi connectivity index (χ4n) is 1.93. The van der Waals surface area contributed by atoms with E-state index in [0.29, 0.717) is 11.8 Å². The molecule has 0 fully saturated rings. The Bertz CT molecular complexity index is 365. The average molecular weight is 282 g/mol. The number of aromatic nitrogens is 1. The molecule has 1 aromatic heterocycles. The minimum absolute atomic E-state index is 0.173. The number of hydrogen-bond donors (Lipinski definition) is 1. The molecule has 1 N–H and O–H groups in total. The van der Waals surface area contributed by atoms with Gasteiger partial charge in [-0.1, -0.05) is 41.5 Å². The molecule has 19 heavy (non-hydrogen) atoms. The van der Waals surface area contributed by atoms with Crippen LogP contribution in [0.25, 0.3) is 0 Å². The molecule has 110 valence electrons. The molecule has 1 aromatic rings. The molecule has 0 aliphatic heterocycles. The van der Waals surface area contributed by atoms with Gasteiger partial charge in [0.1, 0.15) is 0 Å². The lowest BCUT2D eigenvalue weighted by atomic mass is 9.92. The molecule has 0 saturated heterocycles. The summed E-state index contributed by atoms with van der Waals surface area (Å²) in [5.74, 6) is 1.39. The largest absolute Gasteiger partial charge is 0.316 e. The molecule has 0 aliphatic carbocycles. The molecule has 0 aromatic carbocycles. The van der Waals surface area contributed by atoms with Crippen LogP contribution in [0, 0.1) is 11.8 Å². The first-order valence-electron chi connectivity index (χ1n) is 7.50. The third-order valence-electron chi connectivity index (χ3n) is 3.68. The van der Waals surface area contributed by atoms with E-state index in [-0.39, 0.29) is 5.41 Å². The van der Waals surface area contributed by atoms with E-state index in [9.17, 15) is 0 Å². The van der Waals surface area contributed by atoms with Gasteiger partial charge in [0.25, 0.3) is 0 Å². The topological polar surface area (TPSA) is 24.9 Å². The van der Waals surface area contributed by atoms with Gasteiger partial charge in [-0.05, 0) is 31.3 Å². The van der Waals surface area contributed by atoms with Crippen LogP contribution in [0.4, 0.5) is 0 Å². The van der Waals surface area contributed by atoms with Gasteiger partial charge in [0.15, 0.2) is 0 Å². The monoisotopic (exact) mass is 282 g/mol. The van der Waals surface area contributed by atoms with E-state index in [1.807, 2.05) is 11.3 Å². The Hall–Kier alpha value is -0.410. The minimum Gasteiger partial charge on any atom is -0.316 e. The highest BCUT2D eigenvalue weighted by molar-refractivity contribution is 7.09. The van der Waals surface area contributed by atoms with Crippen molar-refractivity contribution in [3.63, 3.8) is 0 Å². The van der Waals surface area contributed by atoms with Crippen LogP contribution in [0.2, 0.25) is 0 Å². The van der Waals surface area contributed by atoms with Crippen LogP contribution in [0.15, 0.2) is 5.38 Å². The van der Waals surface area contributed by atoms with E-state index >= 15 is 0 Å². The number of nitrogens with zero attached hydrogens (tertiary/aromatic N) is 1. The third-order valence-corrected chi connectivity index (χ3v) is 4.55. The van der Waals surface area contributed by atoms with Gasteiger partial charge >= 0.3 is 0 Å². The first-order chi connectivity index (χ1) is 8.84. The van der Waals surface area contributed by atoms with Gasteiger partial charge in [-0.25, -0.2) is 4.98 Å². The quantitative estimate of drug-likeness (QED) is 0.756. The first kappa shape index (κ1) is 16.6. The summed E-state index contributed by atoms with van der Waals surface area (Å²) in [4.78, 5) is 4.80. The maximum absolute atomic E-state index is 4.80. The minimum atomic E-state index is 0.173. The number of hydrogen-bond acceptors (Lipinski definition) is 3. The van der Waals surface area contributed by atoms with Crippen molar-refractivity contribution in [2.45, 2.75) is 59.8 Å². The fraction of sp³-hybridized carbons (Fsp3) is 0.812. The van der Waals surface area contributed by atoms with Gasteiger partial charge in [-0.3, -0.25) is 0 Å². The highest BCUT2D eigenvalue weighted by atomic mass is 32.1. The Kier molecular flexibility index (Phi) is 6.48. The second-order valence-electron chi connectivity index (χ2n) is 6.74. The molecule has 1 heterocycles. The second kappa shape index (κ2) is 7.39. The standard InChI is InChI=1S/C16H30N2S/c1-7-8-17-10-13(3)12(2)9-15-18-14(11-19-15)16(4,5)6/h11-13,17H,7-10H2,1-6H3. The van der Waals surface area contributed by atoms with Crippen LogP contribution in [-0.4, -0.2) is 18.1 Å². The lowest BCUT2D eigenvalue weighted by molar-refractivity contribution is 0.364. The van der Waals surface area contributed by atoms with Crippen LogP contribution >= 0.6 is 11.3 Å². The van der Waals surface area contributed by atoms with Crippen LogP contribution in [0.3, 0.4) is 0 Å². The fourth-order valence-corrected chi connectivity index (χ4v) is 3.10. The van der Waals surface area contributed by atoms with E-state index in [0.717, 1.165) is 19.5 Å². The van der Waals surface area contributed by atoms with Crippen molar-refractivity contribution in [3.8, 4) is 0 Å². The molecule has 2 atom stereocenters. The van der Waals surface area contributed by atoms with E-state index in [4.69, 9.17) is 4.98 Å². The molecule has 2 nitrogen and oxygen atoms in total. The average Bonchev–Trinajstić information content (AvgIpc) is 2.77. The summed E-state index contributed by atoms with van der Waals surface area (Å²) < 4.78 is 0. The number of rotatable bonds is 7. The zero-order valence-corrected chi connectivity index (χ0v) is 14.2. The van der Waals surface area contributed by atoms with Crippen molar-refractivity contribution in [1.82, 2.24) is 10.3 Å². The Labute approximate surface area is 123 Å². The van der Waals surface area contributed by atoms with Gasteiger partial charge in [0.05, 0.1) is 10.7 Å². The van der Waals surface area contributed by atoms with E-state index in [1.165, 1.54) is 17.1 Å². The smallest absolute Gasteiger partial charge is 0.0931 e. The molecular weight excluding hydrogens is 252 g/mol. The van der Waals surface area contributed by atoms with Crippen LogP contribution < -0.4 is 5.32 Å². The summed E-state index contributed by atoms with van der Waals surface area (Å²) in [7, 11) is 0. The van der Waals surface area contributed by atoms with Crippen molar-refractivity contribution in [3.05, 3.63) is 16.1 Å². The van der Waals surface area contributed by atoms with Gasteiger partial charge in [-0.2, -0.15) is 0 Å². The van der Waals surface area contributed by atoms with Crippen LogP contribution in [-0.2, 0) is 11.8 Å². The second-order valence-corrected chi connectivity index (χ2v) is 7.68. The van der Waals surface area contributed by atoms with Crippen molar-refractivity contribution in [2.75, 3.05) is 13.1 Å². The van der Waals surface area contributed by atoms with E-state index < -0.39 is 0 Å². The molecule has 2 unspecified atom stereocenters. The summed E-state index contributed by atoms with van der Waals surface area (Å²) >= 11 is 1.82. The number of thiazole rings is 1. The predicted octanol–water partition coefficient (Wildman–Crippen LogP) is 4.25. The highest BCUT2D eigenvalue weighted by Crippen LogP contribution is 2.26. The SMILES string of the molecule is CCCNCC(C)C(C)Cc1nc(C(C)(C)C)cs1. The van der Waals surface area contributed by atoms with E-state index in [2.05, 4.69) is 52.2 Å². The molecule has 3 heteroatoms. The Morgan fingerprint density at radius 2 is 1.95 bits per heavy atom. The summed E-state index contributed by atoms with van der Waals surface area (Å²) in [5.41, 5.74) is 1.41. The van der Waals surface area contributed by atoms with Crippen molar-refractivity contribution < 1.29 is 0 Å². The summed E-state index contributed by atoms with van der Waals surface area (Å²) in [6, 6.07) is 0. The summed E-state index contributed by atoms with van der Waals surface area (Å²) in [5, 5.41) is 7.03. The molecule has 0 spiro atoms. The predicted molar refractivity (Wildman–Crippen MR) is 86.0 cm³/mol. The lowest BCUT2D eigenvalue weighted by Gasteiger charge is -2.19. The highest BCUT2D eigenvalue weighted by Gasteiger charge is 2.19. The Morgan fingerprint density at radius 3 is 2.47 bits per heavy atom. The number of nitrogens with one attached hydrogen (secondary N) is 1.